The van der Waals surface area contributed by atoms with E-state index >= 15 is 0 Å². The van der Waals surface area contributed by atoms with E-state index in [2.05, 4.69) is 84.4 Å². The zero-order valence-electron chi connectivity index (χ0n) is 18.7. The molecule has 1 aromatic rings. The van der Waals surface area contributed by atoms with E-state index in [1.54, 1.807) is 7.11 Å². The van der Waals surface area contributed by atoms with Gasteiger partial charge in [0.1, 0.15) is 5.76 Å². The van der Waals surface area contributed by atoms with Gasteiger partial charge in [-0.25, -0.2) is 0 Å². The van der Waals surface area contributed by atoms with Crippen molar-refractivity contribution < 1.29 is 4.74 Å². The van der Waals surface area contributed by atoms with Gasteiger partial charge in [0.2, 0.25) is 0 Å². The Morgan fingerprint density at radius 3 is 2.11 bits per heavy atom. The largest absolute Gasteiger partial charge is 0.493 e. The third-order valence-corrected chi connectivity index (χ3v) is 4.87. The molecule has 0 saturated carbocycles. The minimum Gasteiger partial charge on any atom is -0.493 e. The van der Waals surface area contributed by atoms with E-state index in [4.69, 9.17) is 4.74 Å². The molecule has 1 aromatic carbocycles. The third kappa shape index (κ3) is 6.29. The molecule has 0 aliphatic carbocycles. The molecular weight excluding hydrogens is 340 g/mol. The Labute approximate surface area is 172 Å². The van der Waals surface area contributed by atoms with E-state index in [9.17, 15) is 0 Å². The van der Waals surface area contributed by atoms with Crippen LogP contribution in [0.25, 0.3) is 5.57 Å². The molecule has 0 spiro atoms. The van der Waals surface area contributed by atoms with Gasteiger partial charge in [0.05, 0.1) is 7.11 Å². The molecule has 28 heavy (non-hydrogen) atoms. The first kappa shape index (κ1) is 23.5. The zero-order chi connectivity index (χ0) is 21.3. The fourth-order valence-corrected chi connectivity index (χ4v) is 3.31. The molecule has 1 nitrogen and oxygen atoms in total. The maximum atomic E-state index is 5.48. The minimum atomic E-state index is 0.608. The van der Waals surface area contributed by atoms with Crippen LogP contribution in [0.5, 0.6) is 0 Å². The number of methoxy groups -OCH3 is 1. The van der Waals surface area contributed by atoms with E-state index in [0.717, 1.165) is 36.2 Å². The van der Waals surface area contributed by atoms with Gasteiger partial charge in [0.15, 0.2) is 0 Å². The van der Waals surface area contributed by atoms with Crippen molar-refractivity contribution in [2.75, 3.05) is 7.11 Å². The summed E-state index contributed by atoms with van der Waals surface area (Å²) in [5.41, 5.74) is 12.4. The molecule has 0 amide bonds. The molecule has 1 heteroatoms. The molecule has 0 radical (unpaired) electrons. The molecule has 0 aromatic heterocycles. The Morgan fingerprint density at radius 2 is 1.68 bits per heavy atom. The van der Waals surface area contributed by atoms with Crippen LogP contribution >= 0.6 is 0 Å². The Morgan fingerprint density at radius 1 is 1.07 bits per heavy atom. The molecule has 0 aliphatic heterocycles. The minimum absolute atomic E-state index is 0.608. The second-order valence-corrected chi connectivity index (χ2v) is 7.56. The number of aryl methyl sites for hydroxylation is 1. The number of rotatable bonds is 10. The summed E-state index contributed by atoms with van der Waals surface area (Å²) in [7, 11) is 1.66. The first-order chi connectivity index (χ1) is 13.3. The van der Waals surface area contributed by atoms with Gasteiger partial charge < -0.3 is 4.74 Å². The van der Waals surface area contributed by atoms with E-state index in [1.165, 1.54) is 33.4 Å². The lowest BCUT2D eigenvalue weighted by Crippen LogP contribution is -2.04. The lowest BCUT2D eigenvalue weighted by atomic mass is 9.82. The summed E-state index contributed by atoms with van der Waals surface area (Å²) in [4.78, 5) is 0. The molecule has 0 N–H and O–H groups in total. The van der Waals surface area contributed by atoms with Crippen molar-refractivity contribution >= 4 is 5.57 Å². The number of allylic oxidation sites excluding steroid dienone is 6. The van der Waals surface area contributed by atoms with Crippen molar-refractivity contribution in [1.29, 1.82) is 0 Å². The van der Waals surface area contributed by atoms with Gasteiger partial charge in [-0.15, -0.1) is 0 Å². The van der Waals surface area contributed by atoms with Crippen LogP contribution in [0.15, 0.2) is 83.4 Å². The topological polar surface area (TPSA) is 9.23 Å². The van der Waals surface area contributed by atoms with Gasteiger partial charge in [-0.1, -0.05) is 79.8 Å². The van der Waals surface area contributed by atoms with Crippen molar-refractivity contribution in [3.63, 3.8) is 0 Å². The summed E-state index contributed by atoms with van der Waals surface area (Å²) in [6.45, 7) is 23.2. The predicted molar refractivity (Wildman–Crippen MR) is 124 cm³/mol. The number of hydrogen-bond donors (Lipinski definition) is 0. The van der Waals surface area contributed by atoms with Gasteiger partial charge in [0.25, 0.3) is 0 Å². The van der Waals surface area contributed by atoms with Gasteiger partial charge in [0, 0.05) is 6.42 Å². The molecule has 0 heterocycles. The normalized spacial score (nSPS) is 11.2. The summed E-state index contributed by atoms with van der Waals surface area (Å²) in [5, 5.41) is 0. The van der Waals surface area contributed by atoms with Crippen molar-refractivity contribution in [3.8, 4) is 0 Å². The monoisotopic (exact) mass is 376 g/mol. The average Bonchev–Trinajstić information content (AvgIpc) is 2.66. The standard InChI is InChI=1S/C27H36O/c1-10-12-13-22(8)26(20(5)6)27(23-16-14-21(7)15-17-23)25(19(3)4)18-24(11-2)28-9/h14-17H,2-3,8,10,12-13,18H2,1,4-7,9H3/b27-25-. The summed E-state index contributed by atoms with van der Waals surface area (Å²) >= 11 is 0. The first-order valence-corrected chi connectivity index (χ1v) is 10.0. The van der Waals surface area contributed by atoms with Crippen LogP contribution in [0.2, 0.25) is 0 Å². The second-order valence-electron chi connectivity index (χ2n) is 7.56. The van der Waals surface area contributed by atoms with Gasteiger partial charge in [-0.2, -0.15) is 0 Å². The molecular formula is C27H36O. The predicted octanol–water partition coefficient (Wildman–Crippen LogP) is 8.11. The Bertz CT molecular complexity index is 818. The zero-order valence-corrected chi connectivity index (χ0v) is 18.7. The van der Waals surface area contributed by atoms with Crippen LogP contribution in [0, 0.1) is 6.92 Å². The van der Waals surface area contributed by atoms with Crippen molar-refractivity contribution in [2.24, 2.45) is 0 Å². The van der Waals surface area contributed by atoms with Crippen LogP contribution in [0.4, 0.5) is 0 Å². The molecule has 0 aliphatic rings. The lowest BCUT2D eigenvalue weighted by Gasteiger charge is -2.23. The highest BCUT2D eigenvalue weighted by Gasteiger charge is 2.19. The summed E-state index contributed by atoms with van der Waals surface area (Å²) in [5.74, 6) is 0.717. The smallest absolute Gasteiger partial charge is 0.141 e. The van der Waals surface area contributed by atoms with E-state index in [0.29, 0.717) is 6.42 Å². The highest BCUT2D eigenvalue weighted by Crippen LogP contribution is 2.39. The maximum Gasteiger partial charge on any atom is 0.141 e. The first-order valence-electron chi connectivity index (χ1n) is 10.0. The summed E-state index contributed by atoms with van der Waals surface area (Å²) in [6, 6.07) is 8.69. The Balaban J connectivity index is 3.81. The molecule has 0 atom stereocenters. The number of benzene rings is 1. The average molecular weight is 377 g/mol. The molecule has 1 rings (SSSR count). The third-order valence-electron chi connectivity index (χ3n) is 4.87. The van der Waals surface area contributed by atoms with Crippen LogP contribution in [0.1, 0.15) is 64.5 Å². The molecule has 0 bridgehead atoms. The van der Waals surface area contributed by atoms with Crippen LogP contribution in [-0.4, -0.2) is 7.11 Å². The number of hydrogen-bond acceptors (Lipinski definition) is 1. The maximum absolute atomic E-state index is 5.48. The SMILES string of the molecule is C=C=C(C/C(C(=C)C)=C(/C(C(=C)CCCC)=C(C)C)c1ccc(C)cc1)OC. The molecule has 0 fully saturated rings. The van der Waals surface area contributed by atoms with E-state index in [-0.39, 0.29) is 0 Å². The quantitative estimate of drug-likeness (QED) is 0.228. The van der Waals surface area contributed by atoms with Crippen molar-refractivity contribution in [3.05, 3.63) is 94.5 Å². The number of ether oxygens (including phenoxy) is 1. The van der Waals surface area contributed by atoms with E-state index < -0.39 is 0 Å². The fourth-order valence-electron chi connectivity index (χ4n) is 3.31. The van der Waals surface area contributed by atoms with Gasteiger partial charge in [-0.3, -0.25) is 0 Å². The van der Waals surface area contributed by atoms with E-state index in [1.807, 2.05) is 0 Å². The van der Waals surface area contributed by atoms with Crippen molar-refractivity contribution in [1.82, 2.24) is 0 Å². The van der Waals surface area contributed by atoms with Gasteiger partial charge >= 0.3 is 0 Å². The molecule has 150 valence electrons. The van der Waals surface area contributed by atoms with Crippen LogP contribution in [-0.2, 0) is 4.74 Å². The fraction of sp³-hybridized carbons (Fsp3) is 0.370. The summed E-state index contributed by atoms with van der Waals surface area (Å²) < 4.78 is 5.48. The molecule has 0 unspecified atom stereocenters. The van der Waals surface area contributed by atoms with Crippen LogP contribution in [0.3, 0.4) is 0 Å². The van der Waals surface area contributed by atoms with Crippen LogP contribution < -0.4 is 0 Å². The Kier molecular flexibility index (Phi) is 9.56. The Hall–Kier alpha value is -2.50. The lowest BCUT2D eigenvalue weighted by molar-refractivity contribution is 0.284. The number of unbranched alkanes of at least 4 members (excludes halogenated alkanes) is 1. The summed E-state index contributed by atoms with van der Waals surface area (Å²) in [6.07, 6.45) is 3.88. The second kappa shape index (κ2) is 11.4. The molecule has 0 saturated heterocycles. The van der Waals surface area contributed by atoms with Crippen molar-refractivity contribution in [2.45, 2.75) is 60.3 Å². The van der Waals surface area contributed by atoms with Gasteiger partial charge in [-0.05, 0) is 68.4 Å². The highest BCUT2D eigenvalue weighted by molar-refractivity contribution is 5.88. The highest BCUT2D eigenvalue weighted by atomic mass is 16.5.